The minimum absolute atomic E-state index is 0.223. The number of carbonyl (C=O) groups excluding carboxylic acids is 2. The number of carbonyl (C=O) groups is 2. The van der Waals surface area contributed by atoms with Crippen LogP contribution in [0.4, 0.5) is 4.79 Å². The Hall–Kier alpha value is -2.41. The molecule has 1 unspecified atom stereocenters. The third-order valence-electron chi connectivity index (χ3n) is 5.96. The molecule has 0 radical (unpaired) electrons. The number of rotatable bonds is 2. The first-order chi connectivity index (χ1) is 12.2. The fourth-order valence-electron chi connectivity index (χ4n) is 4.62. The van der Waals surface area contributed by atoms with E-state index >= 15 is 0 Å². The Labute approximate surface area is 144 Å². The minimum Gasteiger partial charge on any atom is -0.463 e. The standard InChI is InChI=1S/C18H20N4O3/c23-17(14-7-10-4-6-25-16(10)9-19-14)21-18(24)22-5-3-15(22)12-8-11-1-2-13(12)20-11/h4,6-7,9,11-13,15,20H,1-3,5,8H2,(H,21,23,24)/t11-,12-,13+,15?/m1/s1. The van der Waals surface area contributed by atoms with Gasteiger partial charge >= 0.3 is 6.03 Å². The second-order valence-electron chi connectivity index (χ2n) is 7.28. The van der Waals surface area contributed by atoms with Gasteiger partial charge in [0.15, 0.2) is 5.58 Å². The summed E-state index contributed by atoms with van der Waals surface area (Å²) in [6.45, 7) is 0.714. The van der Waals surface area contributed by atoms with Crippen molar-refractivity contribution in [1.82, 2.24) is 20.5 Å². The number of urea groups is 1. The summed E-state index contributed by atoms with van der Waals surface area (Å²) in [6, 6.07) is 4.50. The average Bonchev–Trinajstić information content (AvgIpc) is 3.29. The molecular formula is C18H20N4O3. The zero-order valence-corrected chi connectivity index (χ0v) is 13.8. The second-order valence-corrected chi connectivity index (χ2v) is 7.28. The van der Waals surface area contributed by atoms with Crippen molar-refractivity contribution in [3.63, 3.8) is 0 Å². The third-order valence-corrected chi connectivity index (χ3v) is 5.96. The smallest absolute Gasteiger partial charge is 0.324 e. The lowest BCUT2D eigenvalue weighted by Crippen LogP contribution is -2.60. The van der Waals surface area contributed by atoms with E-state index < -0.39 is 5.91 Å². The molecule has 2 aromatic heterocycles. The number of likely N-dealkylation sites (tertiary alicyclic amines) is 1. The molecule has 0 aromatic carbocycles. The van der Waals surface area contributed by atoms with E-state index in [4.69, 9.17) is 4.42 Å². The van der Waals surface area contributed by atoms with E-state index in [9.17, 15) is 9.59 Å². The molecular weight excluding hydrogens is 320 g/mol. The van der Waals surface area contributed by atoms with Crippen LogP contribution in [0.15, 0.2) is 29.0 Å². The molecule has 0 saturated carbocycles. The monoisotopic (exact) mass is 340 g/mol. The molecule has 7 nitrogen and oxygen atoms in total. The molecule has 2 N–H and O–H groups in total. The van der Waals surface area contributed by atoms with E-state index in [1.807, 2.05) is 0 Å². The lowest BCUT2D eigenvalue weighted by Gasteiger charge is -2.46. The number of pyridine rings is 1. The molecule has 130 valence electrons. The van der Waals surface area contributed by atoms with Crippen molar-refractivity contribution in [2.24, 2.45) is 5.92 Å². The Kier molecular flexibility index (Phi) is 3.31. The second kappa shape index (κ2) is 5.56. The Morgan fingerprint density at radius 2 is 2.24 bits per heavy atom. The van der Waals surface area contributed by atoms with Gasteiger partial charge in [0.25, 0.3) is 5.91 Å². The summed E-state index contributed by atoms with van der Waals surface area (Å²) in [4.78, 5) is 30.8. The van der Waals surface area contributed by atoms with Crippen molar-refractivity contribution in [1.29, 1.82) is 0 Å². The number of aromatic nitrogens is 1. The van der Waals surface area contributed by atoms with Crippen LogP contribution in [0.3, 0.4) is 0 Å². The van der Waals surface area contributed by atoms with Gasteiger partial charge in [-0.2, -0.15) is 0 Å². The van der Waals surface area contributed by atoms with Gasteiger partial charge in [0.1, 0.15) is 5.69 Å². The van der Waals surface area contributed by atoms with Crippen molar-refractivity contribution < 1.29 is 14.0 Å². The van der Waals surface area contributed by atoms with E-state index in [1.165, 1.54) is 19.0 Å². The summed E-state index contributed by atoms with van der Waals surface area (Å²) >= 11 is 0. The highest BCUT2D eigenvalue weighted by molar-refractivity contribution is 6.04. The number of furan rings is 1. The maximum atomic E-state index is 12.5. The Balaban J connectivity index is 1.26. The Bertz CT molecular complexity index is 848. The average molecular weight is 340 g/mol. The first-order valence-corrected chi connectivity index (χ1v) is 8.90. The van der Waals surface area contributed by atoms with Gasteiger partial charge in [-0.15, -0.1) is 0 Å². The molecule has 2 bridgehead atoms. The summed E-state index contributed by atoms with van der Waals surface area (Å²) < 4.78 is 5.22. The number of fused-ring (bicyclic) bond motifs is 3. The number of amides is 3. The number of imide groups is 1. The Morgan fingerprint density at radius 3 is 2.96 bits per heavy atom. The predicted octanol–water partition coefficient (Wildman–Crippen LogP) is 1.89. The summed E-state index contributed by atoms with van der Waals surface area (Å²) in [6.07, 6.45) is 7.67. The van der Waals surface area contributed by atoms with E-state index in [1.54, 1.807) is 23.3 Å². The molecule has 4 atom stereocenters. The molecule has 3 amide bonds. The zero-order chi connectivity index (χ0) is 17.0. The molecule has 5 rings (SSSR count). The van der Waals surface area contributed by atoms with Crippen LogP contribution in [-0.2, 0) is 0 Å². The van der Waals surface area contributed by atoms with Crippen LogP contribution in [0, 0.1) is 5.92 Å². The number of hydrogen-bond donors (Lipinski definition) is 2. The lowest BCUT2D eigenvalue weighted by molar-refractivity contribution is 0.0631. The van der Waals surface area contributed by atoms with E-state index in [2.05, 4.69) is 15.6 Å². The van der Waals surface area contributed by atoms with Crippen molar-refractivity contribution in [2.75, 3.05) is 6.54 Å². The SMILES string of the molecule is O=C(NC(=O)N1CCC1[C@@H]1C[C@H]2CC[C@@H]1N2)c1cc2ccoc2cn1. The van der Waals surface area contributed by atoms with Crippen molar-refractivity contribution in [2.45, 2.75) is 43.8 Å². The Morgan fingerprint density at radius 1 is 1.32 bits per heavy atom. The van der Waals surface area contributed by atoms with Gasteiger partial charge in [-0.1, -0.05) is 0 Å². The fraction of sp³-hybridized carbons (Fsp3) is 0.500. The number of hydrogen-bond acceptors (Lipinski definition) is 5. The molecule has 0 aliphatic carbocycles. The van der Waals surface area contributed by atoms with Gasteiger partial charge in [-0.05, 0) is 43.7 Å². The van der Waals surface area contributed by atoms with Gasteiger partial charge in [0, 0.05) is 30.1 Å². The highest BCUT2D eigenvalue weighted by atomic mass is 16.3. The number of nitrogens with one attached hydrogen (secondary N) is 2. The van der Waals surface area contributed by atoms with Crippen LogP contribution in [0.5, 0.6) is 0 Å². The van der Waals surface area contributed by atoms with Crippen LogP contribution in [0.1, 0.15) is 36.2 Å². The van der Waals surface area contributed by atoms with Gasteiger partial charge in [0.05, 0.1) is 12.5 Å². The van der Waals surface area contributed by atoms with E-state index in [0.29, 0.717) is 30.1 Å². The van der Waals surface area contributed by atoms with Crippen LogP contribution >= 0.6 is 0 Å². The topological polar surface area (TPSA) is 87.5 Å². The predicted molar refractivity (Wildman–Crippen MR) is 90.0 cm³/mol. The largest absolute Gasteiger partial charge is 0.463 e. The number of nitrogens with zero attached hydrogens (tertiary/aromatic N) is 2. The van der Waals surface area contributed by atoms with Crippen LogP contribution in [0.2, 0.25) is 0 Å². The van der Waals surface area contributed by atoms with Crippen molar-refractivity contribution in [3.8, 4) is 0 Å². The van der Waals surface area contributed by atoms with Crippen LogP contribution in [-0.4, -0.2) is 46.5 Å². The first kappa shape index (κ1) is 14.9. The molecule has 0 spiro atoms. The van der Waals surface area contributed by atoms with Gasteiger partial charge in [-0.3, -0.25) is 10.1 Å². The van der Waals surface area contributed by atoms with Gasteiger partial charge in [0.2, 0.25) is 0 Å². The van der Waals surface area contributed by atoms with Crippen LogP contribution < -0.4 is 10.6 Å². The molecule has 3 saturated heterocycles. The minimum atomic E-state index is -0.468. The highest BCUT2D eigenvalue weighted by Gasteiger charge is 2.48. The van der Waals surface area contributed by atoms with Gasteiger partial charge < -0.3 is 14.6 Å². The van der Waals surface area contributed by atoms with Gasteiger partial charge in [-0.25, -0.2) is 9.78 Å². The molecule has 3 aliphatic rings. The molecule has 3 aliphatic heterocycles. The molecule has 3 fully saturated rings. The summed E-state index contributed by atoms with van der Waals surface area (Å²) in [5.74, 6) is 0.0542. The fourth-order valence-corrected chi connectivity index (χ4v) is 4.62. The summed E-state index contributed by atoms with van der Waals surface area (Å²) in [5.41, 5.74) is 0.843. The summed E-state index contributed by atoms with van der Waals surface area (Å²) in [7, 11) is 0. The summed E-state index contributed by atoms with van der Waals surface area (Å²) in [5, 5.41) is 6.90. The van der Waals surface area contributed by atoms with E-state index in [0.717, 1.165) is 18.2 Å². The molecule has 5 heterocycles. The van der Waals surface area contributed by atoms with E-state index in [-0.39, 0.29) is 17.8 Å². The molecule has 7 heteroatoms. The zero-order valence-electron chi connectivity index (χ0n) is 13.8. The van der Waals surface area contributed by atoms with Crippen molar-refractivity contribution in [3.05, 3.63) is 30.3 Å². The highest BCUT2D eigenvalue weighted by Crippen LogP contribution is 2.40. The lowest BCUT2D eigenvalue weighted by atomic mass is 9.79. The maximum Gasteiger partial charge on any atom is 0.324 e. The van der Waals surface area contributed by atoms with Crippen LogP contribution in [0.25, 0.3) is 11.0 Å². The van der Waals surface area contributed by atoms with Crippen molar-refractivity contribution >= 4 is 22.9 Å². The quantitative estimate of drug-likeness (QED) is 0.872. The normalized spacial score (nSPS) is 30.5. The maximum absolute atomic E-state index is 12.5. The third kappa shape index (κ3) is 2.41. The first-order valence-electron chi connectivity index (χ1n) is 8.90. The molecule has 2 aromatic rings. The molecule has 25 heavy (non-hydrogen) atoms.